The summed E-state index contributed by atoms with van der Waals surface area (Å²) in [5.41, 5.74) is 3.99. The van der Waals surface area contributed by atoms with Gasteiger partial charge in [0.2, 0.25) is 0 Å². The van der Waals surface area contributed by atoms with Gasteiger partial charge in [0.15, 0.2) is 0 Å². The molecule has 1 amide bonds. The molecule has 2 heterocycles. The summed E-state index contributed by atoms with van der Waals surface area (Å²) in [6.45, 7) is 4.08. The number of hydrogen-bond donors (Lipinski definition) is 0. The first-order chi connectivity index (χ1) is 11.7. The molecular weight excluding hydrogens is 324 g/mol. The number of rotatable bonds is 2. The number of anilines is 2. The van der Waals surface area contributed by atoms with E-state index in [2.05, 4.69) is 23.1 Å². The summed E-state index contributed by atoms with van der Waals surface area (Å²) >= 11 is 6.19. The van der Waals surface area contributed by atoms with Crippen molar-refractivity contribution in [2.75, 3.05) is 42.6 Å². The topological polar surface area (TPSA) is 32.8 Å². The van der Waals surface area contributed by atoms with Gasteiger partial charge in [0.25, 0.3) is 5.91 Å². The van der Waals surface area contributed by atoms with Crippen molar-refractivity contribution >= 4 is 28.9 Å². The van der Waals surface area contributed by atoms with Gasteiger partial charge < -0.3 is 14.5 Å². The molecule has 0 aliphatic carbocycles. The standard InChI is InChI=1S/C19H19ClN2O2/c20-17-4-2-1-3-16(17)19(23)22-8-7-14-13-15(5-6-18(14)22)21-9-11-24-12-10-21/h1-6,13H,7-12H2. The predicted molar refractivity (Wildman–Crippen MR) is 96.3 cm³/mol. The Morgan fingerprint density at radius 3 is 2.62 bits per heavy atom. The van der Waals surface area contributed by atoms with Crippen molar-refractivity contribution in [3.8, 4) is 0 Å². The van der Waals surface area contributed by atoms with E-state index < -0.39 is 0 Å². The number of ether oxygens (including phenoxy) is 1. The summed E-state index contributed by atoms with van der Waals surface area (Å²) in [6.07, 6.45) is 0.879. The first-order valence-corrected chi connectivity index (χ1v) is 8.64. The zero-order valence-electron chi connectivity index (χ0n) is 13.4. The van der Waals surface area contributed by atoms with Crippen LogP contribution in [0.1, 0.15) is 15.9 Å². The number of nitrogens with zero attached hydrogens (tertiary/aromatic N) is 2. The lowest BCUT2D eigenvalue weighted by Crippen LogP contribution is -2.36. The van der Waals surface area contributed by atoms with Crippen LogP contribution in [-0.4, -0.2) is 38.8 Å². The summed E-state index contributed by atoms with van der Waals surface area (Å²) in [7, 11) is 0. The molecule has 2 aromatic rings. The number of carbonyl (C=O) groups is 1. The third-order valence-corrected chi connectivity index (χ3v) is 5.01. The van der Waals surface area contributed by atoms with E-state index in [1.807, 2.05) is 17.0 Å². The minimum absolute atomic E-state index is 0.0292. The number of fused-ring (bicyclic) bond motifs is 1. The van der Waals surface area contributed by atoms with E-state index in [1.165, 1.54) is 11.3 Å². The monoisotopic (exact) mass is 342 g/mol. The Morgan fingerprint density at radius 1 is 1.04 bits per heavy atom. The maximum absolute atomic E-state index is 12.8. The van der Waals surface area contributed by atoms with Gasteiger partial charge >= 0.3 is 0 Å². The summed E-state index contributed by atoms with van der Waals surface area (Å²) in [6, 6.07) is 13.6. The molecule has 0 unspecified atom stereocenters. The van der Waals surface area contributed by atoms with Crippen LogP contribution in [0.3, 0.4) is 0 Å². The van der Waals surface area contributed by atoms with Crippen LogP contribution in [0.15, 0.2) is 42.5 Å². The summed E-state index contributed by atoms with van der Waals surface area (Å²) in [5.74, 6) is -0.0292. The average Bonchev–Trinajstić information content (AvgIpc) is 3.05. The molecule has 5 heteroatoms. The van der Waals surface area contributed by atoms with E-state index in [4.69, 9.17) is 16.3 Å². The quantitative estimate of drug-likeness (QED) is 0.838. The molecule has 2 aliphatic rings. The molecule has 0 bridgehead atoms. The molecule has 0 radical (unpaired) electrons. The molecule has 0 N–H and O–H groups in total. The number of benzene rings is 2. The lowest BCUT2D eigenvalue weighted by molar-refractivity contribution is 0.0989. The van der Waals surface area contributed by atoms with E-state index in [-0.39, 0.29) is 5.91 Å². The Balaban J connectivity index is 1.60. The van der Waals surface area contributed by atoms with Crippen molar-refractivity contribution in [3.63, 3.8) is 0 Å². The van der Waals surface area contributed by atoms with Crippen molar-refractivity contribution < 1.29 is 9.53 Å². The minimum atomic E-state index is -0.0292. The van der Waals surface area contributed by atoms with Crippen LogP contribution in [0, 0.1) is 0 Å². The highest BCUT2D eigenvalue weighted by molar-refractivity contribution is 6.34. The third-order valence-electron chi connectivity index (χ3n) is 4.68. The van der Waals surface area contributed by atoms with Crippen LogP contribution in [-0.2, 0) is 11.2 Å². The van der Waals surface area contributed by atoms with Crippen molar-refractivity contribution in [2.24, 2.45) is 0 Å². The van der Waals surface area contributed by atoms with Gasteiger partial charge in [-0.3, -0.25) is 4.79 Å². The number of carbonyl (C=O) groups excluding carboxylic acids is 1. The maximum atomic E-state index is 12.8. The number of halogens is 1. The highest BCUT2D eigenvalue weighted by atomic mass is 35.5. The van der Waals surface area contributed by atoms with Crippen LogP contribution >= 0.6 is 11.6 Å². The number of hydrogen-bond acceptors (Lipinski definition) is 3. The van der Waals surface area contributed by atoms with Crippen LogP contribution in [0.5, 0.6) is 0 Å². The zero-order chi connectivity index (χ0) is 16.5. The zero-order valence-corrected chi connectivity index (χ0v) is 14.1. The first kappa shape index (κ1) is 15.5. The van der Waals surface area contributed by atoms with Gasteiger partial charge in [0.05, 0.1) is 23.8 Å². The molecule has 4 rings (SSSR count). The maximum Gasteiger partial charge on any atom is 0.259 e. The van der Waals surface area contributed by atoms with Crippen molar-refractivity contribution in [1.29, 1.82) is 0 Å². The van der Waals surface area contributed by atoms with Gasteiger partial charge in [-0.2, -0.15) is 0 Å². The summed E-state index contributed by atoms with van der Waals surface area (Å²) in [4.78, 5) is 17.0. The van der Waals surface area contributed by atoms with Crippen molar-refractivity contribution in [1.82, 2.24) is 0 Å². The molecule has 2 aromatic carbocycles. The second-order valence-electron chi connectivity index (χ2n) is 6.10. The fourth-order valence-electron chi connectivity index (χ4n) is 3.40. The summed E-state index contributed by atoms with van der Waals surface area (Å²) < 4.78 is 5.42. The molecule has 0 aromatic heterocycles. The van der Waals surface area contributed by atoms with Gasteiger partial charge in [-0.15, -0.1) is 0 Å². The second kappa shape index (κ2) is 6.46. The molecular formula is C19H19ClN2O2. The number of amides is 1. The molecule has 0 spiro atoms. The third kappa shape index (κ3) is 2.76. The molecule has 0 saturated carbocycles. The van der Waals surface area contributed by atoms with Gasteiger partial charge in [0.1, 0.15) is 0 Å². The van der Waals surface area contributed by atoms with Crippen molar-refractivity contribution in [3.05, 3.63) is 58.6 Å². The fourth-order valence-corrected chi connectivity index (χ4v) is 3.61. The van der Waals surface area contributed by atoms with E-state index in [9.17, 15) is 4.79 Å². The Kier molecular flexibility index (Phi) is 4.17. The van der Waals surface area contributed by atoms with Gasteiger partial charge in [-0.1, -0.05) is 23.7 Å². The SMILES string of the molecule is O=C(c1ccccc1Cl)N1CCc2cc(N3CCOCC3)ccc21. The molecule has 0 atom stereocenters. The van der Waals surface area contributed by atoms with E-state index >= 15 is 0 Å². The lowest BCUT2D eigenvalue weighted by atomic mass is 10.1. The predicted octanol–water partition coefficient (Wildman–Crippen LogP) is 3.38. The largest absolute Gasteiger partial charge is 0.378 e. The molecule has 1 saturated heterocycles. The van der Waals surface area contributed by atoms with Crippen LogP contribution in [0.2, 0.25) is 5.02 Å². The highest BCUT2D eigenvalue weighted by Gasteiger charge is 2.27. The summed E-state index contributed by atoms with van der Waals surface area (Å²) in [5, 5.41) is 0.501. The van der Waals surface area contributed by atoms with Gasteiger partial charge in [-0.05, 0) is 42.3 Å². The Morgan fingerprint density at radius 2 is 1.83 bits per heavy atom. The smallest absolute Gasteiger partial charge is 0.259 e. The normalized spacial score (nSPS) is 17.0. The average molecular weight is 343 g/mol. The van der Waals surface area contributed by atoms with Gasteiger partial charge in [0, 0.05) is 31.0 Å². The van der Waals surface area contributed by atoms with Crippen LogP contribution in [0.25, 0.3) is 0 Å². The highest BCUT2D eigenvalue weighted by Crippen LogP contribution is 2.33. The lowest BCUT2D eigenvalue weighted by Gasteiger charge is -2.29. The van der Waals surface area contributed by atoms with Crippen LogP contribution in [0.4, 0.5) is 11.4 Å². The molecule has 1 fully saturated rings. The first-order valence-electron chi connectivity index (χ1n) is 8.26. The molecule has 124 valence electrons. The Bertz CT molecular complexity index is 772. The molecule has 24 heavy (non-hydrogen) atoms. The minimum Gasteiger partial charge on any atom is -0.378 e. The molecule has 2 aliphatic heterocycles. The van der Waals surface area contributed by atoms with E-state index in [0.717, 1.165) is 38.4 Å². The Labute approximate surface area is 146 Å². The van der Waals surface area contributed by atoms with Gasteiger partial charge in [-0.25, -0.2) is 0 Å². The Hall–Kier alpha value is -2.04. The number of morpholine rings is 1. The second-order valence-corrected chi connectivity index (χ2v) is 6.51. The van der Waals surface area contributed by atoms with E-state index in [0.29, 0.717) is 17.1 Å². The fraction of sp³-hybridized carbons (Fsp3) is 0.316. The van der Waals surface area contributed by atoms with E-state index in [1.54, 1.807) is 12.1 Å². The van der Waals surface area contributed by atoms with Crippen LogP contribution < -0.4 is 9.80 Å². The molecule has 4 nitrogen and oxygen atoms in total. The van der Waals surface area contributed by atoms with Crippen molar-refractivity contribution in [2.45, 2.75) is 6.42 Å².